The number of benzene rings is 1. The van der Waals surface area contributed by atoms with Crippen molar-refractivity contribution < 1.29 is 19.3 Å². The van der Waals surface area contributed by atoms with Gasteiger partial charge in [-0.15, -0.1) is 0 Å². The first kappa shape index (κ1) is 14.5. The molecule has 0 bridgehead atoms. The van der Waals surface area contributed by atoms with Crippen LogP contribution in [-0.4, -0.2) is 33.0 Å². The van der Waals surface area contributed by atoms with Crippen LogP contribution in [-0.2, 0) is 6.54 Å². The fraction of sp³-hybridized carbons (Fsp3) is 0.231. The van der Waals surface area contributed by atoms with Crippen LogP contribution in [0.3, 0.4) is 0 Å². The van der Waals surface area contributed by atoms with Gasteiger partial charge in [-0.1, -0.05) is 5.16 Å². The Morgan fingerprint density at radius 2 is 2.19 bits per heavy atom. The summed E-state index contributed by atoms with van der Waals surface area (Å²) in [7, 11) is 1.53. The second-order valence-electron chi connectivity index (χ2n) is 4.55. The molecule has 0 aliphatic carbocycles. The lowest BCUT2D eigenvalue weighted by Gasteiger charge is -2.16. The van der Waals surface area contributed by atoms with E-state index in [-0.39, 0.29) is 17.8 Å². The minimum atomic E-state index is -0.643. The maximum atomic E-state index is 12.2. The first-order valence-electron chi connectivity index (χ1n) is 6.03. The van der Waals surface area contributed by atoms with Gasteiger partial charge in [-0.3, -0.25) is 14.9 Å². The molecule has 0 saturated heterocycles. The maximum absolute atomic E-state index is 12.2. The molecular weight excluding hydrogens is 278 g/mol. The summed E-state index contributed by atoms with van der Waals surface area (Å²) in [5.41, 5.74) is 0.284. The smallest absolute Gasteiger partial charge is 0.273 e. The zero-order valence-corrected chi connectivity index (χ0v) is 11.4. The molecule has 8 heteroatoms. The Morgan fingerprint density at radius 3 is 2.71 bits per heavy atom. The quantitative estimate of drug-likeness (QED) is 0.680. The lowest BCUT2D eigenvalue weighted by molar-refractivity contribution is -0.384. The van der Waals surface area contributed by atoms with Gasteiger partial charge in [0.15, 0.2) is 0 Å². The summed E-state index contributed by atoms with van der Waals surface area (Å²) in [6.07, 6.45) is 0. The molecule has 0 unspecified atom stereocenters. The van der Waals surface area contributed by atoms with Gasteiger partial charge in [-0.2, -0.15) is 0 Å². The molecule has 21 heavy (non-hydrogen) atoms. The number of nitro benzene ring substituents is 1. The van der Waals surface area contributed by atoms with Crippen molar-refractivity contribution in [2.24, 2.45) is 0 Å². The average Bonchev–Trinajstić information content (AvgIpc) is 2.83. The number of hydrogen-bond acceptors (Lipinski definition) is 6. The summed E-state index contributed by atoms with van der Waals surface area (Å²) in [5.74, 6) is -0.274. The normalized spacial score (nSPS) is 10.4. The number of carbonyl (C=O) groups excluding carboxylic acids is 1. The Hall–Kier alpha value is -2.90. The summed E-state index contributed by atoms with van der Waals surface area (Å²) in [6.45, 7) is 1.94. The Kier molecular flexibility index (Phi) is 3.88. The van der Waals surface area contributed by atoms with Crippen LogP contribution in [0.25, 0.3) is 0 Å². The van der Waals surface area contributed by atoms with Crippen molar-refractivity contribution in [1.82, 2.24) is 10.1 Å². The first-order chi connectivity index (χ1) is 9.88. The van der Waals surface area contributed by atoms with Crippen molar-refractivity contribution >= 4 is 11.6 Å². The first-order valence-corrected chi connectivity index (χ1v) is 6.03. The molecular formula is C13H13N3O5. The van der Waals surface area contributed by atoms with Gasteiger partial charge in [0, 0.05) is 19.2 Å². The van der Waals surface area contributed by atoms with E-state index in [0.717, 1.165) is 6.07 Å². The van der Waals surface area contributed by atoms with Crippen molar-refractivity contribution in [3.8, 4) is 5.75 Å². The molecule has 0 radical (unpaired) electrons. The third-order valence-electron chi connectivity index (χ3n) is 2.85. The molecule has 0 atom stereocenters. The van der Waals surface area contributed by atoms with E-state index in [4.69, 9.17) is 4.52 Å². The van der Waals surface area contributed by atoms with Crippen LogP contribution in [0.5, 0.6) is 5.75 Å². The van der Waals surface area contributed by atoms with Gasteiger partial charge in [0.2, 0.25) is 0 Å². The zero-order chi connectivity index (χ0) is 15.6. The summed E-state index contributed by atoms with van der Waals surface area (Å²) >= 11 is 0. The van der Waals surface area contributed by atoms with Crippen molar-refractivity contribution in [2.75, 3.05) is 7.05 Å². The molecule has 1 amide bonds. The van der Waals surface area contributed by atoms with Gasteiger partial charge >= 0.3 is 0 Å². The molecule has 1 heterocycles. The minimum Gasteiger partial charge on any atom is -0.507 e. The lowest BCUT2D eigenvalue weighted by atomic mass is 10.1. The molecule has 0 aliphatic heterocycles. The van der Waals surface area contributed by atoms with Crippen LogP contribution in [0, 0.1) is 17.0 Å². The highest BCUT2D eigenvalue weighted by Gasteiger charge is 2.19. The highest BCUT2D eigenvalue weighted by molar-refractivity contribution is 5.96. The number of rotatable bonds is 4. The number of phenolic OH excluding ortho intramolecular Hbond substituents is 1. The van der Waals surface area contributed by atoms with Gasteiger partial charge in [0.05, 0.1) is 23.1 Å². The predicted octanol–water partition coefficient (Wildman–Crippen LogP) is 1.87. The second kappa shape index (κ2) is 5.61. The molecule has 0 fully saturated rings. The number of aromatic hydroxyl groups is 1. The molecule has 1 aromatic heterocycles. The number of carbonyl (C=O) groups is 1. The molecule has 8 nitrogen and oxygen atoms in total. The second-order valence-corrected chi connectivity index (χ2v) is 4.55. The van der Waals surface area contributed by atoms with Gasteiger partial charge in [-0.25, -0.2) is 0 Å². The molecule has 1 N–H and O–H groups in total. The van der Waals surface area contributed by atoms with E-state index in [0.29, 0.717) is 11.5 Å². The summed E-state index contributed by atoms with van der Waals surface area (Å²) in [5, 5.41) is 24.1. The number of phenols is 1. The number of amides is 1. The van der Waals surface area contributed by atoms with E-state index in [2.05, 4.69) is 5.16 Å². The molecule has 0 saturated carbocycles. The maximum Gasteiger partial charge on any atom is 0.273 e. The lowest BCUT2D eigenvalue weighted by Crippen LogP contribution is -2.26. The average molecular weight is 291 g/mol. The molecule has 2 rings (SSSR count). The Bertz CT molecular complexity index is 695. The van der Waals surface area contributed by atoms with E-state index < -0.39 is 16.6 Å². The van der Waals surface area contributed by atoms with Crippen molar-refractivity contribution in [3.05, 3.63) is 51.4 Å². The van der Waals surface area contributed by atoms with Crippen LogP contribution in [0.2, 0.25) is 0 Å². The van der Waals surface area contributed by atoms with Crippen molar-refractivity contribution in [1.29, 1.82) is 0 Å². The third kappa shape index (κ3) is 3.16. The summed E-state index contributed by atoms with van der Waals surface area (Å²) in [6, 6.07) is 5.03. The van der Waals surface area contributed by atoms with Gasteiger partial charge < -0.3 is 14.5 Å². The zero-order valence-electron chi connectivity index (χ0n) is 11.4. The summed E-state index contributed by atoms with van der Waals surface area (Å²) in [4.78, 5) is 23.5. The molecule has 0 aliphatic rings. The molecule has 1 aromatic carbocycles. The number of non-ortho nitro benzene ring substituents is 1. The van der Waals surface area contributed by atoms with Crippen molar-refractivity contribution in [2.45, 2.75) is 13.5 Å². The van der Waals surface area contributed by atoms with Crippen LogP contribution in [0.4, 0.5) is 5.69 Å². The molecule has 2 aromatic rings. The number of aromatic nitrogens is 1. The standard InChI is InChI=1S/C13H13N3O5/c1-8-5-9(14-21-8)7-15(2)13(18)11-4-3-10(16(19)20)6-12(11)17/h3-6,17H,7H2,1-2H3. The van der Waals surface area contributed by atoms with E-state index in [9.17, 15) is 20.0 Å². The highest BCUT2D eigenvalue weighted by atomic mass is 16.6. The van der Waals surface area contributed by atoms with E-state index in [1.165, 1.54) is 24.1 Å². The van der Waals surface area contributed by atoms with Crippen molar-refractivity contribution in [3.63, 3.8) is 0 Å². The highest BCUT2D eigenvalue weighted by Crippen LogP contribution is 2.24. The molecule has 0 spiro atoms. The number of nitro groups is 1. The van der Waals surface area contributed by atoms with Crippen LogP contribution in [0.1, 0.15) is 21.8 Å². The van der Waals surface area contributed by atoms with E-state index in [1.54, 1.807) is 13.0 Å². The fourth-order valence-electron chi connectivity index (χ4n) is 1.83. The van der Waals surface area contributed by atoms with E-state index in [1.807, 2.05) is 0 Å². The minimum absolute atomic E-state index is 0.0108. The van der Waals surface area contributed by atoms with Crippen LogP contribution in [0.15, 0.2) is 28.8 Å². The van der Waals surface area contributed by atoms with Crippen LogP contribution < -0.4 is 0 Å². The molecule has 110 valence electrons. The van der Waals surface area contributed by atoms with Gasteiger partial charge in [0.1, 0.15) is 17.2 Å². The number of hydrogen-bond donors (Lipinski definition) is 1. The van der Waals surface area contributed by atoms with Gasteiger partial charge in [0.25, 0.3) is 11.6 Å². The largest absolute Gasteiger partial charge is 0.507 e. The summed E-state index contributed by atoms with van der Waals surface area (Å²) < 4.78 is 4.90. The SMILES string of the molecule is Cc1cc(CN(C)C(=O)c2ccc([N+](=O)[O-])cc2O)no1. The third-order valence-corrected chi connectivity index (χ3v) is 2.85. The Balaban J connectivity index is 2.17. The fourth-order valence-corrected chi connectivity index (χ4v) is 1.83. The Morgan fingerprint density at radius 1 is 1.48 bits per heavy atom. The van der Waals surface area contributed by atoms with Crippen LogP contribution >= 0.6 is 0 Å². The number of aryl methyl sites for hydroxylation is 1. The Labute approximate surface area is 119 Å². The van der Waals surface area contributed by atoms with E-state index >= 15 is 0 Å². The topological polar surface area (TPSA) is 110 Å². The number of nitrogens with zero attached hydrogens (tertiary/aromatic N) is 3. The predicted molar refractivity (Wildman–Crippen MR) is 71.8 cm³/mol. The van der Waals surface area contributed by atoms with Gasteiger partial charge in [-0.05, 0) is 13.0 Å². The monoisotopic (exact) mass is 291 g/mol.